The summed E-state index contributed by atoms with van der Waals surface area (Å²) in [7, 11) is 0. The van der Waals surface area contributed by atoms with Gasteiger partial charge in [-0.3, -0.25) is 15.6 Å². The molecule has 0 bridgehead atoms. The molecule has 0 aliphatic carbocycles. The fourth-order valence-corrected chi connectivity index (χ4v) is 2.66. The molecule has 0 spiro atoms. The number of benzene rings is 3. The molecule has 3 aromatic carbocycles. The molecule has 4 nitrogen and oxygen atoms in total. The van der Waals surface area contributed by atoms with Crippen molar-refractivity contribution in [2.45, 2.75) is 19.3 Å². The number of carbonyl (C=O) groups excluding carboxylic acids is 1. The van der Waals surface area contributed by atoms with Crippen LogP contribution in [0.15, 0.2) is 78.9 Å². The summed E-state index contributed by atoms with van der Waals surface area (Å²) in [6.07, 6.45) is -4.39. The molecule has 0 fully saturated rings. The van der Waals surface area contributed by atoms with E-state index < -0.39 is 11.7 Å². The third-order valence-corrected chi connectivity index (χ3v) is 4.25. The van der Waals surface area contributed by atoms with Crippen molar-refractivity contribution < 1.29 is 18.0 Å². The summed E-state index contributed by atoms with van der Waals surface area (Å²) in [5.41, 5.74) is 7.36. The minimum absolute atomic E-state index is 0.355. The van der Waals surface area contributed by atoms with Gasteiger partial charge in [-0.1, -0.05) is 42.5 Å². The Kier molecular flexibility index (Phi) is 6.51. The maximum Gasteiger partial charge on any atom is 0.416 e. The van der Waals surface area contributed by atoms with Gasteiger partial charge in [-0.05, 0) is 47.5 Å². The second-order valence-electron chi connectivity index (χ2n) is 6.44. The van der Waals surface area contributed by atoms with Gasteiger partial charge in [-0.15, -0.1) is 0 Å². The van der Waals surface area contributed by atoms with Gasteiger partial charge in [0.1, 0.15) is 0 Å². The monoisotopic (exact) mass is 399 g/mol. The molecule has 0 radical (unpaired) electrons. The lowest BCUT2D eigenvalue weighted by Gasteiger charge is -2.11. The number of rotatable bonds is 7. The Morgan fingerprint density at radius 2 is 1.34 bits per heavy atom. The van der Waals surface area contributed by atoms with E-state index in [0.717, 1.165) is 24.2 Å². The smallest absolute Gasteiger partial charge is 0.309 e. The maximum atomic E-state index is 12.6. The van der Waals surface area contributed by atoms with Crippen LogP contribution in [0.25, 0.3) is 0 Å². The van der Waals surface area contributed by atoms with Crippen molar-refractivity contribution in [3.63, 3.8) is 0 Å². The second-order valence-corrected chi connectivity index (χ2v) is 6.44. The molecule has 150 valence electrons. The van der Waals surface area contributed by atoms with Gasteiger partial charge in [-0.2, -0.15) is 13.2 Å². The highest BCUT2D eigenvalue weighted by Crippen LogP contribution is 2.29. The van der Waals surface area contributed by atoms with E-state index in [1.54, 1.807) is 12.1 Å². The molecule has 7 heteroatoms. The van der Waals surface area contributed by atoms with Gasteiger partial charge in [0.2, 0.25) is 0 Å². The Morgan fingerprint density at radius 1 is 0.759 bits per heavy atom. The number of hydrazine groups is 1. The first-order valence-electron chi connectivity index (χ1n) is 8.99. The van der Waals surface area contributed by atoms with Gasteiger partial charge in [0.25, 0.3) is 5.91 Å². The molecule has 3 rings (SSSR count). The topological polar surface area (TPSA) is 53.2 Å². The van der Waals surface area contributed by atoms with Crippen LogP contribution in [0, 0.1) is 0 Å². The summed E-state index contributed by atoms with van der Waals surface area (Å²) in [6, 6.07) is 21.6. The number of halogens is 3. The van der Waals surface area contributed by atoms with Crippen LogP contribution in [0.4, 0.5) is 18.9 Å². The van der Waals surface area contributed by atoms with Crippen LogP contribution in [0.3, 0.4) is 0 Å². The van der Waals surface area contributed by atoms with Gasteiger partial charge < -0.3 is 5.32 Å². The number of hydrogen-bond donors (Lipinski definition) is 3. The van der Waals surface area contributed by atoms with Gasteiger partial charge in [0.15, 0.2) is 0 Å². The third-order valence-electron chi connectivity index (χ3n) is 4.25. The summed E-state index contributed by atoms with van der Waals surface area (Å²) >= 11 is 0. The number of anilines is 1. The zero-order valence-electron chi connectivity index (χ0n) is 15.5. The van der Waals surface area contributed by atoms with Crippen molar-refractivity contribution in [2.24, 2.45) is 0 Å². The Bertz CT molecular complexity index is 924. The first kappa shape index (κ1) is 20.4. The lowest BCUT2D eigenvalue weighted by atomic mass is 10.1. The van der Waals surface area contributed by atoms with Crippen LogP contribution in [-0.2, 0) is 19.3 Å². The average Bonchev–Trinajstić information content (AvgIpc) is 2.73. The van der Waals surface area contributed by atoms with Crippen molar-refractivity contribution in [1.82, 2.24) is 10.7 Å². The number of carbonyl (C=O) groups is 1. The van der Waals surface area contributed by atoms with Crippen molar-refractivity contribution in [1.29, 1.82) is 0 Å². The van der Waals surface area contributed by atoms with E-state index in [9.17, 15) is 18.0 Å². The van der Waals surface area contributed by atoms with Gasteiger partial charge in [0, 0.05) is 18.7 Å². The Balaban J connectivity index is 1.47. The van der Waals surface area contributed by atoms with Crippen LogP contribution >= 0.6 is 0 Å². The molecular weight excluding hydrogens is 379 g/mol. The van der Waals surface area contributed by atoms with Crippen molar-refractivity contribution in [3.05, 3.63) is 101 Å². The van der Waals surface area contributed by atoms with Crippen LogP contribution in [0.1, 0.15) is 27.0 Å². The first-order chi connectivity index (χ1) is 13.9. The summed E-state index contributed by atoms with van der Waals surface area (Å²) in [5.74, 6) is -0.381. The molecular formula is C22H20F3N3O. The van der Waals surface area contributed by atoms with Crippen molar-refractivity contribution >= 4 is 11.6 Å². The molecule has 0 heterocycles. The third kappa shape index (κ3) is 6.08. The van der Waals surface area contributed by atoms with Gasteiger partial charge in [-0.25, -0.2) is 0 Å². The zero-order chi connectivity index (χ0) is 20.7. The van der Waals surface area contributed by atoms with E-state index in [0.29, 0.717) is 17.8 Å². The van der Waals surface area contributed by atoms with E-state index in [2.05, 4.69) is 16.2 Å². The molecule has 3 N–H and O–H groups in total. The molecule has 0 atom stereocenters. The average molecular weight is 399 g/mol. The zero-order valence-corrected chi connectivity index (χ0v) is 15.5. The normalized spacial score (nSPS) is 11.1. The SMILES string of the molecule is O=C(NNc1ccc(C(F)(F)F)cc1)c1ccc(CNCc2ccccc2)cc1. The molecule has 0 aromatic heterocycles. The lowest BCUT2D eigenvalue weighted by molar-refractivity contribution is -0.137. The summed E-state index contributed by atoms with van der Waals surface area (Å²) in [5, 5.41) is 3.34. The standard InChI is InChI=1S/C22H20F3N3O/c23-22(24,25)19-10-12-20(13-11-19)27-28-21(29)18-8-6-17(7-9-18)15-26-14-16-4-2-1-3-5-16/h1-13,26-27H,14-15H2,(H,28,29). The highest BCUT2D eigenvalue weighted by Gasteiger charge is 2.29. The Morgan fingerprint density at radius 3 is 1.93 bits per heavy atom. The molecule has 0 saturated carbocycles. The van der Waals surface area contributed by atoms with E-state index >= 15 is 0 Å². The largest absolute Gasteiger partial charge is 0.416 e. The van der Waals surface area contributed by atoms with Gasteiger partial charge in [0.05, 0.1) is 11.3 Å². The van der Waals surface area contributed by atoms with Crippen LogP contribution in [0.5, 0.6) is 0 Å². The van der Waals surface area contributed by atoms with E-state index in [4.69, 9.17) is 0 Å². The summed E-state index contributed by atoms with van der Waals surface area (Å²) < 4.78 is 37.7. The van der Waals surface area contributed by atoms with Crippen LogP contribution < -0.4 is 16.2 Å². The highest BCUT2D eigenvalue weighted by atomic mass is 19.4. The first-order valence-corrected chi connectivity index (χ1v) is 8.99. The second kappa shape index (κ2) is 9.25. The van der Waals surface area contributed by atoms with E-state index in [1.807, 2.05) is 42.5 Å². The lowest BCUT2D eigenvalue weighted by Crippen LogP contribution is -2.29. The minimum Gasteiger partial charge on any atom is -0.309 e. The summed E-state index contributed by atoms with van der Waals surface area (Å²) in [4.78, 5) is 12.2. The maximum absolute atomic E-state index is 12.6. The number of amides is 1. The number of alkyl halides is 3. The van der Waals surface area contributed by atoms with E-state index in [-0.39, 0.29) is 5.91 Å². The quantitative estimate of drug-likeness (QED) is 0.503. The van der Waals surface area contributed by atoms with Crippen molar-refractivity contribution in [2.75, 3.05) is 5.43 Å². The molecule has 0 aliphatic heterocycles. The minimum atomic E-state index is -4.39. The van der Waals surface area contributed by atoms with E-state index in [1.165, 1.54) is 17.7 Å². The van der Waals surface area contributed by atoms with Crippen molar-refractivity contribution in [3.8, 4) is 0 Å². The molecule has 29 heavy (non-hydrogen) atoms. The molecule has 3 aromatic rings. The fraction of sp³-hybridized carbons (Fsp3) is 0.136. The molecule has 0 saturated heterocycles. The molecule has 1 amide bonds. The predicted octanol–water partition coefficient (Wildman–Crippen LogP) is 4.75. The van der Waals surface area contributed by atoms with Crippen LogP contribution in [-0.4, -0.2) is 5.91 Å². The predicted molar refractivity (Wildman–Crippen MR) is 106 cm³/mol. The Hall–Kier alpha value is -3.32. The molecule has 0 unspecified atom stereocenters. The number of hydrogen-bond acceptors (Lipinski definition) is 3. The van der Waals surface area contributed by atoms with Gasteiger partial charge >= 0.3 is 6.18 Å². The molecule has 0 aliphatic rings. The summed E-state index contributed by atoms with van der Waals surface area (Å²) in [6.45, 7) is 1.42. The highest BCUT2D eigenvalue weighted by molar-refractivity contribution is 5.94. The fourth-order valence-electron chi connectivity index (χ4n) is 2.66. The Labute approximate surface area is 166 Å². The number of nitrogens with one attached hydrogen (secondary N) is 3. The van der Waals surface area contributed by atoms with Crippen LogP contribution in [0.2, 0.25) is 0 Å².